The number of hydrogen-bond acceptors (Lipinski definition) is 5. The number of aromatic nitrogens is 1. The van der Waals surface area contributed by atoms with E-state index < -0.39 is 5.97 Å². The third-order valence-corrected chi connectivity index (χ3v) is 4.58. The monoisotopic (exact) mass is 388 g/mol. The molecule has 28 heavy (non-hydrogen) atoms. The number of nitrogens with one attached hydrogen (secondary N) is 1. The zero-order valence-electron chi connectivity index (χ0n) is 17.1. The van der Waals surface area contributed by atoms with Crippen molar-refractivity contribution in [3.05, 3.63) is 52.3 Å². The van der Waals surface area contributed by atoms with Crippen LogP contribution in [0.5, 0.6) is 5.75 Å². The van der Waals surface area contributed by atoms with Gasteiger partial charge in [0.2, 0.25) is 0 Å². The summed E-state index contributed by atoms with van der Waals surface area (Å²) < 4.78 is 15.3. The van der Waals surface area contributed by atoms with Gasteiger partial charge in [-0.2, -0.15) is 0 Å². The van der Waals surface area contributed by atoms with Crippen molar-refractivity contribution >= 4 is 11.9 Å². The minimum absolute atomic E-state index is 0.158. The van der Waals surface area contributed by atoms with Gasteiger partial charge in [0.1, 0.15) is 18.1 Å². The first-order chi connectivity index (χ1) is 13.4. The maximum absolute atomic E-state index is 13.1. The molecule has 1 aromatic carbocycles. The molecule has 0 saturated heterocycles. The molecule has 0 bridgehead atoms. The molecule has 0 aliphatic carbocycles. The Hall–Kier alpha value is -2.80. The SMILES string of the molecule is CCN(Cc1ccc(OC)cc1)C(=O)c1[nH]c(C)c(C(=O)OCCOC)c1C. The zero-order chi connectivity index (χ0) is 20.7. The Balaban J connectivity index is 2.18. The molecule has 1 N–H and O–H groups in total. The molecular formula is C21H28N2O5. The zero-order valence-corrected chi connectivity index (χ0v) is 17.1. The number of carbonyl (C=O) groups is 2. The van der Waals surface area contributed by atoms with E-state index >= 15 is 0 Å². The number of hydrogen-bond donors (Lipinski definition) is 1. The Morgan fingerprint density at radius 1 is 1.07 bits per heavy atom. The number of aryl methyl sites for hydroxylation is 1. The molecule has 0 unspecified atom stereocenters. The summed E-state index contributed by atoms with van der Waals surface area (Å²) >= 11 is 0. The maximum atomic E-state index is 13.1. The van der Waals surface area contributed by atoms with Gasteiger partial charge in [0, 0.05) is 25.9 Å². The number of methoxy groups -OCH3 is 2. The van der Waals surface area contributed by atoms with Crippen LogP contribution in [-0.4, -0.2) is 55.7 Å². The molecular weight excluding hydrogens is 360 g/mol. The fourth-order valence-electron chi connectivity index (χ4n) is 3.00. The number of rotatable bonds is 9. The second-order valence-electron chi connectivity index (χ2n) is 6.42. The van der Waals surface area contributed by atoms with Gasteiger partial charge in [0.05, 0.1) is 19.3 Å². The van der Waals surface area contributed by atoms with Gasteiger partial charge in [-0.05, 0) is 44.0 Å². The summed E-state index contributed by atoms with van der Waals surface area (Å²) in [5.41, 5.74) is 3.02. The summed E-state index contributed by atoms with van der Waals surface area (Å²) in [7, 11) is 3.16. The van der Waals surface area contributed by atoms with Crippen LogP contribution in [0.4, 0.5) is 0 Å². The normalized spacial score (nSPS) is 10.6. The third-order valence-electron chi connectivity index (χ3n) is 4.58. The van der Waals surface area contributed by atoms with Gasteiger partial charge in [-0.1, -0.05) is 12.1 Å². The van der Waals surface area contributed by atoms with E-state index in [9.17, 15) is 9.59 Å². The Labute approximate surface area is 165 Å². The lowest BCUT2D eigenvalue weighted by Gasteiger charge is -2.21. The van der Waals surface area contributed by atoms with Crippen molar-refractivity contribution in [3.8, 4) is 5.75 Å². The second kappa shape index (κ2) is 9.94. The molecule has 2 rings (SSSR count). The van der Waals surface area contributed by atoms with E-state index in [0.717, 1.165) is 11.3 Å². The van der Waals surface area contributed by atoms with Gasteiger partial charge in [-0.25, -0.2) is 4.79 Å². The molecule has 0 atom stereocenters. The highest BCUT2D eigenvalue weighted by atomic mass is 16.6. The lowest BCUT2D eigenvalue weighted by atomic mass is 10.1. The molecule has 1 aromatic heterocycles. The first kappa shape index (κ1) is 21.5. The number of nitrogens with zero attached hydrogens (tertiary/aromatic N) is 1. The molecule has 0 aliphatic heterocycles. The summed E-state index contributed by atoms with van der Waals surface area (Å²) in [6.07, 6.45) is 0. The van der Waals surface area contributed by atoms with Crippen LogP contribution in [0.3, 0.4) is 0 Å². The largest absolute Gasteiger partial charge is 0.497 e. The van der Waals surface area contributed by atoms with Gasteiger partial charge < -0.3 is 24.1 Å². The average Bonchev–Trinajstić information content (AvgIpc) is 3.00. The highest BCUT2D eigenvalue weighted by molar-refractivity contribution is 6.00. The topological polar surface area (TPSA) is 80.9 Å². The molecule has 0 aliphatic rings. The number of esters is 1. The van der Waals surface area contributed by atoms with Crippen molar-refractivity contribution in [2.45, 2.75) is 27.3 Å². The maximum Gasteiger partial charge on any atom is 0.340 e. The Morgan fingerprint density at radius 3 is 2.32 bits per heavy atom. The fourth-order valence-corrected chi connectivity index (χ4v) is 3.00. The van der Waals surface area contributed by atoms with Crippen LogP contribution < -0.4 is 4.74 Å². The lowest BCUT2D eigenvalue weighted by Crippen LogP contribution is -2.31. The van der Waals surface area contributed by atoms with E-state index in [1.165, 1.54) is 0 Å². The second-order valence-corrected chi connectivity index (χ2v) is 6.42. The molecule has 152 valence electrons. The van der Waals surface area contributed by atoms with E-state index in [1.54, 1.807) is 33.0 Å². The Kier molecular flexibility index (Phi) is 7.63. The number of H-pyrrole nitrogens is 1. The number of amides is 1. The number of carbonyl (C=O) groups excluding carboxylic acids is 2. The van der Waals surface area contributed by atoms with Crippen molar-refractivity contribution in [3.63, 3.8) is 0 Å². The molecule has 0 radical (unpaired) electrons. The van der Waals surface area contributed by atoms with Crippen molar-refractivity contribution in [2.75, 3.05) is 34.0 Å². The molecule has 1 heterocycles. The van der Waals surface area contributed by atoms with Gasteiger partial charge >= 0.3 is 5.97 Å². The average molecular weight is 388 g/mol. The fraction of sp³-hybridized carbons (Fsp3) is 0.429. The van der Waals surface area contributed by atoms with E-state index in [-0.39, 0.29) is 12.5 Å². The molecule has 0 fully saturated rings. The van der Waals surface area contributed by atoms with Crippen LogP contribution in [0.2, 0.25) is 0 Å². The quantitative estimate of drug-likeness (QED) is 0.527. The predicted octanol–water partition coefficient (Wildman–Crippen LogP) is 3.11. The Morgan fingerprint density at radius 2 is 1.75 bits per heavy atom. The third kappa shape index (κ3) is 4.92. The first-order valence-electron chi connectivity index (χ1n) is 9.20. The summed E-state index contributed by atoms with van der Waals surface area (Å²) in [5.74, 6) is 0.154. The number of benzene rings is 1. The first-order valence-corrected chi connectivity index (χ1v) is 9.20. The molecule has 0 spiro atoms. The smallest absolute Gasteiger partial charge is 0.340 e. The van der Waals surface area contributed by atoms with Crippen LogP contribution in [0.15, 0.2) is 24.3 Å². The van der Waals surface area contributed by atoms with E-state index in [0.29, 0.717) is 42.2 Å². The standard InChI is InChI=1S/C21H28N2O5/c1-6-23(13-16-7-9-17(27-5)10-8-16)20(24)19-14(2)18(15(3)22-19)21(25)28-12-11-26-4/h7-10,22H,6,11-13H2,1-5H3. The molecule has 0 saturated carbocycles. The summed E-state index contributed by atoms with van der Waals surface area (Å²) in [6.45, 7) is 6.93. The van der Waals surface area contributed by atoms with Crippen LogP contribution in [0.25, 0.3) is 0 Å². The van der Waals surface area contributed by atoms with Gasteiger partial charge in [-0.15, -0.1) is 0 Å². The molecule has 7 nitrogen and oxygen atoms in total. The van der Waals surface area contributed by atoms with E-state index in [4.69, 9.17) is 14.2 Å². The number of ether oxygens (including phenoxy) is 3. The summed E-state index contributed by atoms with van der Waals surface area (Å²) in [4.78, 5) is 30.2. The van der Waals surface area contributed by atoms with Crippen LogP contribution in [0, 0.1) is 13.8 Å². The van der Waals surface area contributed by atoms with Crippen molar-refractivity contribution in [2.24, 2.45) is 0 Å². The molecule has 7 heteroatoms. The number of aromatic amines is 1. The van der Waals surface area contributed by atoms with Gasteiger partial charge in [0.15, 0.2) is 0 Å². The van der Waals surface area contributed by atoms with E-state index in [1.807, 2.05) is 31.2 Å². The van der Waals surface area contributed by atoms with Crippen molar-refractivity contribution in [1.29, 1.82) is 0 Å². The summed E-state index contributed by atoms with van der Waals surface area (Å²) in [5, 5.41) is 0. The Bertz CT molecular complexity index is 811. The van der Waals surface area contributed by atoms with Crippen LogP contribution in [-0.2, 0) is 16.0 Å². The summed E-state index contributed by atoms with van der Waals surface area (Å²) in [6, 6.07) is 7.60. The van der Waals surface area contributed by atoms with Gasteiger partial charge in [0.25, 0.3) is 5.91 Å². The minimum Gasteiger partial charge on any atom is -0.497 e. The van der Waals surface area contributed by atoms with Crippen LogP contribution in [0.1, 0.15) is 44.6 Å². The predicted molar refractivity (Wildman–Crippen MR) is 106 cm³/mol. The molecule has 2 aromatic rings. The van der Waals surface area contributed by atoms with Crippen molar-refractivity contribution in [1.82, 2.24) is 9.88 Å². The van der Waals surface area contributed by atoms with Gasteiger partial charge in [-0.3, -0.25) is 4.79 Å². The molecule has 1 amide bonds. The highest BCUT2D eigenvalue weighted by Crippen LogP contribution is 2.21. The minimum atomic E-state index is -0.458. The van der Waals surface area contributed by atoms with Crippen molar-refractivity contribution < 1.29 is 23.8 Å². The van der Waals surface area contributed by atoms with E-state index in [2.05, 4.69) is 4.98 Å². The highest BCUT2D eigenvalue weighted by Gasteiger charge is 2.25. The van der Waals surface area contributed by atoms with Crippen LogP contribution >= 0.6 is 0 Å². The lowest BCUT2D eigenvalue weighted by molar-refractivity contribution is 0.0387.